The molecule has 96 valence electrons. The van der Waals surface area contributed by atoms with E-state index in [0.717, 1.165) is 11.3 Å². The lowest BCUT2D eigenvalue weighted by Crippen LogP contribution is -2.01. The first-order valence-corrected chi connectivity index (χ1v) is 5.99. The van der Waals surface area contributed by atoms with Gasteiger partial charge in [-0.3, -0.25) is 0 Å². The highest BCUT2D eigenvalue weighted by atomic mass is 35.5. The van der Waals surface area contributed by atoms with Crippen LogP contribution in [0.3, 0.4) is 0 Å². The maximum absolute atomic E-state index is 13.4. The fourth-order valence-corrected chi connectivity index (χ4v) is 1.90. The normalized spacial score (nSPS) is 10.1. The standard InChI is InChI=1S/C14H11ClFN3/c1-8-5-9(2)18-14(11(8)7-17)19-10-3-4-12(15)13(16)6-10/h3-6H,1-2H3,(H,18,19). The van der Waals surface area contributed by atoms with E-state index in [4.69, 9.17) is 16.9 Å². The molecule has 5 heteroatoms. The predicted octanol–water partition coefficient (Wildman–Crippen LogP) is 4.11. The second-order valence-electron chi connectivity index (χ2n) is 4.17. The monoisotopic (exact) mass is 275 g/mol. The maximum Gasteiger partial charge on any atom is 0.148 e. The molecule has 2 aromatic rings. The summed E-state index contributed by atoms with van der Waals surface area (Å²) in [4.78, 5) is 4.26. The van der Waals surface area contributed by atoms with E-state index in [1.54, 1.807) is 6.07 Å². The Labute approximate surface area is 115 Å². The van der Waals surface area contributed by atoms with Gasteiger partial charge in [0.2, 0.25) is 0 Å². The van der Waals surface area contributed by atoms with Crippen molar-refractivity contribution in [2.45, 2.75) is 13.8 Å². The number of aryl methyl sites for hydroxylation is 2. The topological polar surface area (TPSA) is 48.7 Å². The summed E-state index contributed by atoms with van der Waals surface area (Å²) in [5, 5.41) is 12.1. The minimum absolute atomic E-state index is 0.0550. The highest BCUT2D eigenvalue weighted by Crippen LogP contribution is 2.24. The van der Waals surface area contributed by atoms with E-state index in [1.165, 1.54) is 12.1 Å². The van der Waals surface area contributed by atoms with Gasteiger partial charge < -0.3 is 5.32 Å². The Morgan fingerprint density at radius 2 is 2.05 bits per heavy atom. The lowest BCUT2D eigenvalue weighted by Gasteiger charge is -2.10. The average molecular weight is 276 g/mol. The number of rotatable bonds is 2. The van der Waals surface area contributed by atoms with Gasteiger partial charge in [-0.1, -0.05) is 11.6 Å². The van der Waals surface area contributed by atoms with Gasteiger partial charge in [0.15, 0.2) is 0 Å². The third kappa shape index (κ3) is 2.83. The van der Waals surface area contributed by atoms with Crippen LogP contribution in [-0.4, -0.2) is 4.98 Å². The fourth-order valence-electron chi connectivity index (χ4n) is 1.78. The van der Waals surface area contributed by atoms with Crippen molar-refractivity contribution in [3.63, 3.8) is 0 Å². The molecule has 0 radical (unpaired) electrons. The number of halogens is 2. The maximum atomic E-state index is 13.4. The molecule has 0 bridgehead atoms. The number of nitrogens with one attached hydrogen (secondary N) is 1. The number of pyridine rings is 1. The van der Waals surface area contributed by atoms with Crippen molar-refractivity contribution in [2.75, 3.05) is 5.32 Å². The van der Waals surface area contributed by atoms with Gasteiger partial charge in [0, 0.05) is 11.4 Å². The molecule has 0 saturated carbocycles. The molecule has 1 heterocycles. The summed E-state index contributed by atoms with van der Waals surface area (Å²) in [5.74, 6) is -0.101. The number of hydrogen-bond acceptors (Lipinski definition) is 3. The Balaban J connectivity index is 2.43. The van der Waals surface area contributed by atoms with Crippen LogP contribution in [0.1, 0.15) is 16.8 Å². The number of nitriles is 1. The lowest BCUT2D eigenvalue weighted by atomic mass is 10.1. The van der Waals surface area contributed by atoms with E-state index in [1.807, 2.05) is 19.9 Å². The van der Waals surface area contributed by atoms with Crippen molar-refractivity contribution < 1.29 is 4.39 Å². The van der Waals surface area contributed by atoms with Crippen LogP contribution in [0.5, 0.6) is 0 Å². The summed E-state index contributed by atoms with van der Waals surface area (Å²) in [6.07, 6.45) is 0. The molecule has 3 nitrogen and oxygen atoms in total. The Morgan fingerprint density at radius 1 is 1.32 bits per heavy atom. The number of anilines is 2. The predicted molar refractivity (Wildman–Crippen MR) is 73.1 cm³/mol. The van der Waals surface area contributed by atoms with Crippen LogP contribution in [0, 0.1) is 31.0 Å². The second kappa shape index (κ2) is 5.25. The fraction of sp³-hybridized carbons (Fsp3) is 0.143. The van der Waals surface area contributed by atoms with Crippen molar-refractivity contribution in [3.05, 3.63) is 51.9 Å². The molecule has 1 N–H and O–H groups in total. The zero-order valence-corrected chi connectivity index (χ0v) is 11.2. The molecular formula is C14H11ClFN3. The van der Waals surface area contributed by atoms with E-state index >= 15 is 0 Å². The van der Waals surface area contributed by atoms with E-state index in [0.29, 0.717) is 17.1 Å². The van der Waals surface area contributed by atoms with Gasteiger partial charge in [0.1, 0.15) is 17.7 Å². The Kier molecular flexibility index (Phi) is 3.68. The van der Waals surface area contributed by atoms with Crippen molar-refractivity contribution in [2.24, 2.45) is 0 Å². The molecule has 19 heavy (non-hydrogen) atoms. The first-order chi connectivity index (χ1) is 9.01. The lowest BCUT2D eigenvalue weighted by molar-refractivity contribution is 0.629. The van der Waals surface area contributed by atoms with E-state index < -0.39 is 5.82 Å². The van der Waals surface area contributed by atoms with Crippen LogP contribution in [0.2, 0.25) is 5.02 Å². The van der Waals surface area contributed by atoms with Crippen molar-refractivity contribution >= 4 is 23.1 Å². The molecule has 0 spiro atoms. The van der Waals surface area contributed by atoms with Crippen LogP contribution in [0.15, 0.2) is 24.3 Å². The molecule has 0 saturated heterocycles. The zero-order valence-electron chi connectivity index (χ0n) is 10.5. The van der Waals surface area contributed by atoms with Crippen LogP contribution in [0.25, 0.3) is 0 Å². The molecule has 0 unspecified atom stereocenters. The summed E-state index contributed by atoms with van der Waals surface area (Å²) in [5.41, 5.74) is 2.55. The van der Waals surface area contributed by atoms with E-state index in [2.05, 4.69) is 16.4 Å². The Morgan fingerprint density at radius 3 is 2.68 bits per heavy atom. The number of hydrogen-bond donors (Lipinski definition) is 1. The van der Waals surface area contributed by atoms with Crippen LogP contribution in [0.4, 0.5) is 15.9 Å². The first-order valence-electron chi connectivity index (χ1n) is 5.61. The molecule has 0 aliphatic rings. The van der Waals surface area contributed by atoms with Crippen molar-refractivity contribution in [1.29, 1.82) is 5.26 Å². The van der Waals surface area contributed by atoms with Gasteiger partial charge in [-0.25, -0.2) is 9.37 Å². The van der Waals surface area contributed by atoms with E-state index in [9.17, 15) is 4.39 Å². The summed E-state index contributed by atoms with van der Waals surface area (Å²) < 4.78 is 13.4. The van der Waals surface area contributed by atoms with Gasteiger partial charge in [-0.2, -0.15) is 5.26 Å². The first kappa shape index (κ1) is 13.3. The minimum Gasteiger partial charge on any atom is -0.339 e. The highest BCUT2D eigenvalue weighted by Gasteiger charge is 2.09. The quantitative estimate of drug-likeness (QED) is 0.897. The minimum atomic E-state index is -0.519. The SMILES string of the molecule is Cc1cc(C)c(C#N)c(Nc2ccc(Cl)c(F)c2)n1. The number of benzene rings is 1. The van der Waals surface area contributed by atoms with Gasteiger partial charge in [0.25, 0.3) is 0 Å². The molecule has 0 amide bonds. The number of aromatic nitrogens is 1. The third-order valence-electron chi connectivity index (χ3n) is 2.64. The molecule has 1 aromatic heterocycles. The third-order valence-corrected chi connectivity index (χ3v) is 2.95. The van der Waals surface area contributed by atoms with E-state index in [-0.39, 0.29) is 5.02 Å². The van der Waals surface area contributed by atoms with Crippen LogP contribution < -0.4 is 5.32 Å². The molecule has 0 aliphatic heterocycles. The number of nitrogens with zero attached hydrogens (tertiary/aromatic N) is 2. The summed E-state index contributed by atoms with van der Waals surface area (Å²) in [6, 6.07) is 8.27. The van der Waals surface area contributed by atoms with Gasteiger partial charge >= 0.3 is 0 Å². The summed E-state index contributed by atoms with van der Waals surface area (Å²) in [6.45, 7) is 3.67. The summed E-state index contributed by atoms with van der Waals surface area (Å²) in [7, 11) is 0. The zero-order chi connectivity index (χ0) is 14.0. The highest BCUT2D eigenvalue weighted by molar-refractivity contribution is 6.30. The van der Waals surface area contributed by atoms with Gasteiger partial charge in [0.05, 0.1) is 10.6 Å². The second-order valence-corrected chi connectivity index (χ2v) is 4.58. The van der Waals surface area contributed by atoms with Gasteiger partial charge in [-0.15, -0.1) is 0 Å². The molecule has 0 aliphatic carbocycles. The average Bonchev–Trinajstić information content (AvgIpc) is 2.33. The molecule has 0 atom stereocenters. The molecule has 0 fully saturated rings. The van der Waals surface area contributed by atoms with Gasteiger partial charge in [-0.05, 0) is 43.7 Å². The van der Waals surface area contributed by atoms with Crippen molar-refractivity contribution in [1.82, 2.24) is 4.98 Å². The smallest absolute Gasteiger partial charge is 0.148 e. The molecular weight excluding hydrogens is 265 g/mol. The Bertz CT molecular complexity index is 677. The summed E-state index contributed by atoms with van der Waals surface area (Å²) >= 11 is 5.62. The largest absolute Gasteiger partial charge is 0.339 e. The van der Waals surface area contributed by atoms with Crippen molar-refractivity contribution in [3.8, 4) is 6.07 Å². The Hall–Kier alpha value is -2.12. The molecule has 2 rings (SSSR count). The van der Waals surface area contributed by atoms with Crippen LogP contribution in [-0.2, 0) is 0 Å². The molecule has 1 aromatic carbocycles. The van der Waals surface area contributed by atoms with Crippen LogP contribution >= 0.6 is 11.6 Å².